The summed E-state index contributed by atoms with van der Waals surface area (Å²) in [6.07, 6.45) is 0.836. The van der Waals surface area contributed by atoms with E-state index in [2.05, 4.69) is 36.6 Å². The van der Waals surface area contributed by atoms with Gasteiger partial charge in [-0.25, -0.2) is 0 Å². The number of fused-ring (bicyclic) bond motifs is 2. The van der Waals surface area contributed by atoms with Crippen molar-refractivity contribution in [3.05, 3.63) is 71.9 Å². The average molecular weight is 860 g/mol. The smallest absolute Gasteiger partial charge is 0.243 e. The molecule has 62 heavy (non-hydrogen) atoms. The number of aliphatic hydroxyl groups is 2. The third-order valence-electron chi connectivity index (χ3n) is 11.4. The number of carbonyl (C=O) groups excluding carboxylic acids is 6. The molecule has 0 saturated carbocycles. The minimum Gasteiger partial charge on any atom is -0.391 e. The van der Waals surface area contributed by atoms with Crippen LogP contribution in [-0.4, -0.2) is 124 Å². The molecule has 0 unspecified atom stereocenters. The summed E-state index contributed by atoms with van der Waals surface area (Å²) >= 11 is 0. The van der Waals surface area contributed by atoms with Gasteiger partial charge in [-0.05, 0) is 62.1 Å². The first-order valence-electron chi connectivity index (χ1n) is 21.2. The second kappa shape index (κ2) is 22.7. The van der Waals surface area contributed by atoms with Crippen molar-refractivity contribution < 1.29 is 39.0 Å². The molecule has 3 heterocycles. The Morgan fingerprint density at radius 1 is 0.855 bits per heavy atom. The fourth-order valence-electron chi connectivity index (χ4n) is 7.91. The molecule has 6 amide bonds. The Bertz CT molecular complexity index is 2040. The first kappa shape index (κ1) is 47.0. The molecule has 2 aromatic carbocycles. The molecular weight excluding hydrogens is 799 g/mol. The van der Waals surface area contributed by atoms with Crippen LogP contribution in [0.3, 0.4) is 0 Å². The molecule has 0 bridgehead atoms. The van der Waals surface area contributed by atoms with Gasteiger partial charge < -0.3 is 58.6 Å². The van der Waals surface area contributed by atoms with E-state index in [1.807, 2.05) is 42.5 Å². The number of hydrogen-bond donors (Lipinski definition) is 11. The number of aliphatic imine (C=N–C) groups is 1. The molecule has 0 aliphatic carbocycles. The lowest BCUT2D eigenvalue weighted by Crippen LogP contribution is -2.61. The Balaban J connectivity index is 1.49. The van der Waals surface area contributed by atoms with Gasteiger partial charge >= 0.3 is 0 Å². The predicted molar refractivity (Wildman–Crippen MR) is 231 cm³/mol. The van der Waals surface area contributed by atoms with Gasteiger partial charge in [-0.2, -0.15) is 0 Å². The SMILES string of the molecule is C[C@H]1CCC(=O)NCCCC[C@@H](C(N)=O)NC(=O)[C@H](Cc2c[nH]c3ccccc23)NC(=O)[C@H](CCCN=C(N)N)N[C@@H](O)[C@@H](Cc2ccccc2)NC(=O)[C@@H]2C[C@@H](O)CN2C1=O. The highest BCUT2D eigenvalue weighted by atomic mass is 16.3. The first-order chi connectivity index (χ1) is 29.7. The van der Waals surface area contributed by atoms with Gasteiger partial charge in [-0.3, -0.25) is 39.1 Å². The van der Waals surface area contributed by atoms with Crippen molar-refractivity contribution in [3.8, 4) is 0 Å². The van der Waals surface area contributed by atoms with Crippen LogP contribution in [0, 0.1) is 5.92 Å². The van der Waals surface area contributed by atoms with Crippen LogP contribution in [0.4, 0.5) is 0 Å². The van der Waals surface area contributed by atoms with E-state index in [-0.39, 0.29) is 82.9 Å². The summed E-state index contributed by atoms with van der Waals surface area (Å²) in [7, 11) is 0. The van der Waals surface area contributed by atoms with Crippen molar-refractivity contribution in [2.45, 2.75) is 114 Å². The predicted octanol–water partition coefficient (Wildman–Crippen LogP) is -1.10. The van der Waals surface area contributed by atoms with Crippen LogP contribution >= 0.6 is 0 Å². The number of primary amides is 1. The molecule has 5 rings (SSSR count). The van der Waals surface area contributed by atoms with Crippen molar-refractivity contribution in [2.75, 3.05) is 19.6 Å². The number of aromatic amines is 1. The van der Waals surface area contributed by atoms with E-state index >= 15 is 0 Å². The summed E-state index contributed by atoms with van der Waals surface area (Å²) in [4.78, 5) is 90.3. The average Bonchev–Trinajstić information content (AvgIpc) is 3.85. The molecule has 0 spiro atoms. The van der Waals surface area contributed by atoms with Gasteiger partial charge in [0.1, 0.15) is 24.4 Å². The molecule has 14 N–H and O–H groups in total. The number of aromatic nitrogens is 1. The zero-order chi connectivity index (χ0) is 44.8. The van der Waals surface area contributed by atoms with Gasteiger partial charge in [0.2, 0.25) is 35.4 Å². The van der Waals surface area contributed by atoms with E-state index in [4.69, 9.17) is 17.2 Å². The Morgan fingerprint density at radius 2 is 1.58 bits per heavy atom. The highest BCUT2D eigenvalue weighted by Gasteiger charge is 2.42. The third-order valence-corrected chi connectivity index (χ3v) is 11.4. The van der Waals surface area contributed by atoms with Gasteiger partial charge in [0.15, 0.2) is 5.96 Å². The summed E-state index contributed by atoms with van der Waals surface area (Å²) in [5.41, 5.74) is 19.1. The van der Waals surface area contributed by atoms with E-state index in [1.165, 1.54) is 4.90 Å². The second-order valence-corrected chi connectivity index (χ2v) is 16.2. The van der Waals surface area contributed by atoms with Gasteiger partial charge in [0, 0.05) is 61.9 Å². The molecule has 0 radical (unpaired) electrons. The number of benzene rings is 2. The normalized spacial score (nSPS) is 26.6. The quantitative estimate of drug-likeness (QED) is 0.0697. The van der Waals surface area contributed by atoms with Crippen LogP contribution < -0.4 is 43.8 Å². The number of nitrogens with one attached hydrogen (secondary N) is 6. The maximum Gasteiger partial charge on any atom is 0.243 e. The number of guanidine groups is 1. The number of H-pyrrole nitrogens is 1. The molecule has 1 aromatic heterocycles. The van der Waals surface area contributed by atoms with E-state index < -0.39 is 78.0 Å². The Hall–Kier alpha value is -6.05. The van der Waals surface area contributed by atoms with Crippen molar-refractivity contribution in [1.82, 2.24) is 36.5 Å². The van der Waals surface area contributed by atoms with Gasteiger partial charge in [-0.15, -0.1) is 0 Å². The molecule has 19 heteroatoms. The number of carbonyl (C=O) groups is 6. The van der Waals surface area contributed by atoms with Crippen LogP contribution in [-0.2, 0) is 41.6 Å². The lowest BCUT2D eigenvalue weighted by molar-refractivity contribution is -0.142. The molecular formula is C43H61N11O8. The topological polar surface area (TPSA) is 312 Å². The number of aliphatic hydroxyl groups excluding tert-OH is 2. The van der Waals surface area contributed by atoms with E-state index in [0.29, 0.717) is 18.4 Å². The fraction of sp³-hybridized carbons (Fsp3) is 0.512. The summed E-state index contributed by atoms with van der Waals surface area (Å²) < 4.78 is 0. The van der Waals surface area contributed by atoms with E-state index in [1.54, 1.807) is 25.3 Å². The maximum atomic E-state index is 14.4. The summed E-state index contributed by atoms with van der Waals surface area (Å²) in [6, 6.07) is 10.8. The monoisotopic (exact) mass is 859 g/mol. The summed E-state index contributed by atoms with van der Waals surface area (Å²) in [6.45, 7) is 1.99. The maximum absolute atomic E-state index is 14.4. The zero-order valence-electron chi connectivity index (χ0n) is 35.1. The summed E-state index contributed by atoms with van der Waals surface area (Å²) in [5, 5.41) is 37.6. The molecule has 2 aliphatic rings. The first-order valence-corrected chi connectivity index (χ1v) is 21.2. The van der Waals surface area contributed by atoms with Crippen molar-refractivity contribution >= 4 is 52.3 Å². The van der Waals surface area contributed by atoms with Gasteiger partial charge in [0.25, 0.3) is 0 Å². The highest BCUT2D eigenvalue weighted by molar-refractivity contribution is 5.94. The minimum absolute atomic E-state index is 0.0101. The summed E-state index contributed by atoms with van der Waals surface area (Å²) in [5.74, 6) is -4.24. The number of amides is 6. The zero-order valence-corrected chi connectivity index (χ0v) is 35.1. The lowest BCUT2D eigenvalue weighted by atomic mass is 10.0. The van der Waals surface area contributed by atoms with Gasteiger partial charge in [0.05, 0.1) is 18.2 Å². The largest absolute Gasteiger partial charge is 0.391 e. The number of nitrogens with zero attached hydrogens (tertiary/aromatic N) is 2. The lowest BCUT2D eigenvalue weighted by Gasteiger charge is -2.32. The molecule has 2 aliphatic heterocycles. The van der Waals surface area contributed by atoms with Crippen molar-refractivity contribution in [2.24, 2.45) is 28.1 Å². The van der Waals surface area contributed by atoms with Crippen molar-refractivity contribution in [1.29, 1.82) is 0 Å². The highest BCUT2D eigenvalue weighted by Crippen LogP contribution is 2.24. The van der Waals surface area contributed by atoms with Crippen LogP contribution in [0.15, 0.2) is 65.8 Å². The Morgan fingerprint density at radius 3 is 2.32 bits per heavy atom. The van der Waals surface area contributed by atoms with Crippen molar-refractivity contribution in [3.63, 3.8) is 0 Å². The van der Waals surface area contributed by atoms with Crippen LogP contribution in [0.2, 0.25) is 0 Å². The number of hydrogen-bond acceptors (Lipinski definition) is 10. The molecule has 336 valence electrons. The molecule has 3 aromatic rings. The number of nitrogens with two attached hydrogens (primary N) is 3. The fourth-order valence-corrected chi connectivity index (χ4v) is 7.91. The van der Waals surface area contributed by atoms with Crippen LogP contribution in [0.25, 0.3) is 10.9 Å². The van der Waals surface area contributed by atoms with E-state index in [0.717, 1.165) is 16.5 Å². The third kappa shape index (κ3) is 13.5. The van der Waals surface area contributed by atoms with Crippen LogP contribution in [0.5, 0.6) is 0 Å². The second-order valence-electron chi connectivity index (χ2n) is 16.2. The van der Waals surface area contributed by atoms with E-state index in [9.17, 15) is 39.0 Å². The number of para-hydroxylation sites is 1. The standard InChI is InChI=1S/C43H61N11O8/c1-25-16-17-36(56)47-18-8-7-14-31(37(44)57)50-40(60)34(21-27-23-49-30-13-6-5-12-29(27)30)52-38(58)32(15-9-19-48-43(45)46)51-39(59)33(20-26-10-3-2-4-11-26)53-41(61)35-22-28(55)24-54(35)42(25)62/h2-6,10-13,23,25,28,31-35,39,49,51,55,59H,7-9,14-22,24H2,1H3,(H2,44,57)(H,47,56)(H,50,60)(H,52,58)(H,53,61)(H4,45,46,48)/t25-,28+,31-,32-,33+,34-,35-,39-/m0/s1. The molecule has 2 fully saturated rings. The molecule has 2 saturated heterocycles. The molecule has 8 atom stereocenters. The molecule has 19 nitrogen and oxygen atoms in total. The van der Waals surface area contributed by atoms with Gasteiger partial charge in [-0.1, -0.05) is 55.5 Å². The number of rotatable bonds is 9. The minimum atomic E-state index is -1.57. The van der Waals surface area contributed by atoms with Crippen LogP contribution in [0.1, 0.15) is 69.4 Å². The Labute approximate surface area is 360 Å². The Kier molecular flexibility index (Phi) is 17.2.